The van der Waals surface area contributed by atoms with Gasteiger partial charge >= 0.3 is 32.4 Å². The standard InChI is InChI=1S/C22H26F3IO2/c1-20(2,3)15-7-11-17(12-8-15)26(28-19(27)22(23,24)25)18-13-9-16(10-14-18)21(4,5)6/h7-14H,1-6H3/q+1. The smallest absolute Gasteiger partial charge is 0.236 e. The van der Waals surface area contributed by atoms with E-state index in [-0.39, 0.29) is 10.8 Å². The summed E-state index contributed by atoms with van der Waals surface area (Å²) in [5.74, 6) is -2.13. The van der Waals surface area contributed by atoms with Gasteiger partial charge in [-0.05, 0) is 46.2 Å². The van der Waals surface area contributed by atoms with Crippen LogP contribution in [0.15, 0.2) is 48.5 Å². The lowest BCUT2D eigenvalue weighted by atomic mass is 9.87. The highest BCUT2D eigenvalue weighted by atomic mass is 127. The maximum absolute atomic E-state index is 12.8. The summed E-state index contributed by atoms with van der Waals surface area (Å²) >= 11 is -3.04. The second kappa shape index (κ2) is 8.05. The monoisotopic (exact) mass is 506 g/mol. The zero-order chi connectivity index (χ0) is 21.3. The maximum atomic E-state index is 12.8. The normalized spacial score (nSPS) is 12.9. The zero-order valence-electron chi connectivity index (χ0n) is 16.9. The third kappa shape index (κ3) is 5.72. The van der Waals surface area contributed by atoms with Gasteiger partial charge in [0, 0.05) is 0 Å². The van der Waals surface area contributed by atoms with Gasteiger partial charge in [-0.15, -0.1) is 0 Å². The van der Waals surface area contributed by atoms with Gasteiger partial charge in [0.1, 0.15) is 0 Å². The van der Waals surface area contributed by atoms with Crippen LogP contribution in [0.2, 0.25) is 0 Å². The second-order valence-corrected chi connectivity index (χ2v) is 13.0. The summed E-state index contributed by atoms with van der Waals surface area (Å²) in [6.45, 7) is 12.4. The van der Waals surface area contributed by atoms with Crippen LogP contribution in [0.1, 0.15) is 52.7 Å². The van der Waals surface area contributed by atoms with E-state index < -0.39 is 32.4 Å². The van der Waals surface area contributed by atoms with Gasteiger partial charge in [-0.2, -0.15) is 13.2 Å². The molecular formula is C22H26F3IO2+. The van der Waals surface area contributed by atoms with Crippen LogP contribution in [0.4, 0.5) is 13.2 Å². The van der Waals surface area contributed by atoms with E-state index >= 15 is 0 Å². The van der Waals surface area contributed by atoms with E-state index in [2.05, 4.69) is 41.5 Å². The van der Waals surface area contributed by atoms with Crippen molar-refractivity contribution in [3.05, 3.63) is 66.8 Å². The molecule has 0 aromatic heterocycles. The van der Waals surface area contributed by atoms with Crippen LogP contribution < -0.4 is 20.2 Å². The molecule has 0 aliphatic heterocycles. The van der Waals surface area contributed by atoms with Crippen LogP contribution >= 0.6 is 0 Å². The fourth-order valence-corrected chi connectivity index (χ4v) is 6.36. The summed E-state index contributed by atoms with van der Waals surface area (Å²) in [4.78, 5) is 11.6. The number of carbonyl (C=O) groups excluding carboxylic acids is 1. The molecular weight excluding hydrogens is 480 g/mol. The highest BCUT2D eigenvalue weighted by Gasteiger charge is 2.48. The summed E-state index contributed by atoms with van der Waals surface area (Å²) in [6, 6.07) is 14.7. The average Bonchev–Trinajstić information content (AvgIpc) is 2.57. The van der Waals surface area contributed by atoms with E-state index in [4.69, 9.17) is 3.07 Å². The van der Waals surface area contributed by atoms with Gasteiger partial charge in [0.2, 0.25) is 0 Å². The largest absolute Gasteiger partial charge is 0.496 e. The van der Waals surface area contributed by atoms with Crippen LogP contribution in [0.5, 0.6) is 0 Å². The lowest BCUT2D eigenvalue weighted by molar-refractivity contribution is -1.04. The Morgan fingerprint density at radius 2 is 1.04 bits per heavy atom. The topological polar surface area (TPSA) is 26.3 Å². The van der Waals surface area contributed by atoms with Gasteiger partial charge in [0.25, 0.3) is 0 Å². The van der Waals surface area contributed by atoms with Crippen molar-refractivity contribution in [1.29, 1.82) is 0 Å². The molecule has 0 saturated heterocycles. The van der Waals surface area contributed by atoms with Crippen LogP contribution in [0.25, 0.3) is 0 Å². The minimum absolute atomic E-state index is 0.0748. The summed E-state index contributed by atoms with van der Waals surface area (Å²) in [5.41, 5.74) is 1.98. The van der Waals surface area contributed by atoms with Crippen LogP contribution in [-0.2, 0) is 18.7 Å². The lowest BCUT2D eigenvalue weighted by Gasteiger charge is -2.19. The van der Waals surface area contributed by atoms with Crippen molar-refractivity contribution in [2.24, 2.45) is 0 Å². The predicted molar refractivity (Wildman–Crippen MR) is 99.8 cm³/mol. The fourth-order valence-electron chi connectivity index (χ4n) is 2.46. The van der Waals surface area contributed by atoms with Crippen molar-refractivity contribution >= 4 is 5.97 Å². The van der Waals surface area contributed by atoms with Crippen LogP contribution in [0, 0.1) is 7.14 Å². The van der Waals surface area contributed by atoms with E-state index in [1.165, 1.54) is 0 Å². The number of alkyl halides is 3. The maximum Gasteiger partial charge on any atom is 0.496 e. The van der Waals surface area contributed by atoms with Crippen LogP contribution in [-0.4, -0.2) is 12.1 Å². The molecule has 0 atom stereocenters. The third-order valence-electron chi connectivity index (χ3n) is 4.20. The summed E-state index contributed by atoms with van der Waals surface area (Å²) in [6.07, 6.45) is -5.01. The Morgan fingerprint density at radius 3 is 1.29 bits per heavy atom. The quantitative estimate of drug-likeness (QED) is 0.599. The van der Waals surface area contributed by atoms with E-state index in [1.807, 2.05) is 24.3 Å². The summed E-state index contributed by atoms with van der Waals surface area (Å²) < 4.78 is 44.8. The number of hydrogen-bond acceptors (Lipinski definition) is 2. The SMILES string of the molecule is CC(C)(C)c1ccc([I+](OC(=O)C(F)(F)F)c2ccc(C(C)(C)C)cc2)cc1. The molecule has 0 bridgehead atoms. The molecule has 28 heavy (non-hydrogen) atoms. The molecule has 0 amide bonds. The molecule has 2 aromatic carbocycles. The molecule has 1 radical (unpaired) electrons. The Bertz CT molecular complexity index is 754. The molecule has 2 aromatic rings. The summed E-state index contributed by atoms with van der Waals surface area (Å²) in [7, 11) is 0. The number of rotatable bonds is 3. The fraction of sp³-hybridized carbons (Fsp3) is 0.409. The molecule has 0 fully saturated rings. The molecule has 0 aliphatic rings. The molecule has 0 heterocycles. The van der Waals surface area contributed by atoms with Crippen molar-refractivity contribution in [3.8, 4) is 0 Å². The van der Waals surface area contributed by atoms with Crippen molar-refractivity contribution in [2.75, 3.05) is 0 Å². The first-order valence-corrected chi connectivity index (χ1v) is 11.9. The number of hydrogen-bond donors (Lipinski definition) is 0. The Labute approximate surface area is 172 Å². The van der Waals surface area contributed by atoms with E-state index in [0.29, 0.717) is 7.14 Å². The van der Waals surface area contributed by atoms with Crippen molar-refractivity contribution in [3.63, 3.8) is 0 Å². The van der Waals surface area contributed by atoms with E-state index in [1.54, 1.807) is 24.3 Å². The number of benzene rings is 2. The minimum atomic E-state index is -5.01. The van der Waals surface area contributed by atoms with E-state index in [0.717, 1.165) is 11.1 Å². The summed E-state index contributed by atoms with van der Waals surface area (Å²) in [5, 5.41) is 0. The molecule has 153 valence electrons. The second-order valence-electron chi connectivity index (χ2n) is 8.62. The number of halogens is 4. The zero-order valence-corrected chi connectivity index (χ0v) is 19.1. The van der Waals surface area contributed by atoms with E-state index in [9.17, 15) is 18.0 Å². The van der Waals surface area contributed by atoms with Gasteiger partial charge in [-0.1, -0.05) is 65.8 Å². The molecule has 0 saturated carbocycles. The van der Waals surface area contributed by atoms with Gasteiger partial charge in [-0.25, -0.2) is 7.86 Å². The van der Waals surface area contributed by atoms with Gasteiger partial charge in [0.15, 0.2) is 7.14 Å². The van der Waals surface area contributed by atoms with Crippen molar-refractivity contribution < 1.29 is 41.3 Å². The Kier molecular flexibility index (Phi) is 6.53. The Balaban J connectivity index is 2.44. The molecule has 0 N–H and O–H groups in total. The molecule has 6 heteroatoms. The van der Waals surface area contributed by atoms with Crippen LogP contribution in [0.3, 0.4) is 0 Å². The molecule has 2 nitrogen and oxygen atoms in total. The highest BCUT2D eigenvalue weighted by Crippen LogP contribution is 2.22. The average molecular weight is 506 g/mol. The predicted octanol–water partition coefficient (Wildman–Crippen LogP) is 2.97. The molecule has 0 aliphatic carbocycles. The van der Waals surface area contributed by atoms with Crippen molar-refractivity contribution in [1.82, 2.24) is 0 Å². The van der Waals surface area contributed by atoms with Gasteiger partial charge in [-0.3, -0.25) is 0 Å². The third-order valence-corrected chi connectivity index (χ3v) is 8.74. The lowest BCUT2D eigenvalue weighted by Crippen LogP contribution is -3.85. The first kappa shape index (κ1) is 22.7. The Morgan fingerprint density at radius 1 is 0.714 bits per heavy atom. The van der Waals surface area contributed by atoms with Gasteiger partial charge in [0.05, 0.1) is 0 Å². The Hall–Kier alpha value is -1.57. The minimum Gasteiger partial charge on any atom is -0.236 e. The molecule has 0 spiro atoms. The van der Waals surface area contributed by atoms with Crippen molar-refractivity contribution in [2.45, 2.75) is 58.5 Å². The first-order valence-electron chi connectivity index (χ1n) is 8.90. The molecule has 0 unspecified atom stereocenters. The highest BCUT2D eigenvalue weighted by molar-refractivity contribution is 5.74. The number of carbonyl (C=O) groups is 1. The van der Waals surface area contributed by atoms with Gasteiger partial charge < -0.3 is 0 Å². The molecule has 2 rings (SSSR count). The first-order chi connectivity index (χ1) is 12.7.